The molecular weight excluding hydrogens is 618 g/mol. The lowest BCUT2D eigenvalue weighted by atomic mass is 10.2. The molecule has 4 rings (SSSR count). The number of nitrogens with zero attached hydrogens (tertiary/aromatic N) is 9. The Morgan fingerprint density at radius 2 is 0.625 bits per heavy atom. The Kier molecular flexibility index (Phi) is 9.93. The van der Waals surface area contributed by atoms with E-state index in [0.717, 1.165) is 0 Å². The van der Waals surface area contributed by atoms with Crippen LogP contribution in [0.2, 0.25) is 0 Å². The van der Waals surface area contributed by atoms with Crippen LogP contribution in [0.1, 0.15) is 83.1 Å². The fourth-order valence-corrected chi connectivity index (χ4v) is 5.72. The summed E-state index contributed by atoms with van der Waals surface area (Å²) in [7, 11) is 0. The molecule has 0 spiro atoms. The molecule has 0 aromatic heterocycles. The third-order valence-electron chi connectivity index (χ3n) is 7.88. The fourth-order valence-electron chi connectivity index (χ4n) is 5.72. The molecule has 15 heteroatoms. The third kappa shape index (κ3) is 6.08. The first kappa shape index (κ1) is 35.9. The number of guanidine groups is 3. The van der Waals surface area contributed by atoms with Gasteiger partial charge in [-0.1, -0.05) is 0 Å². The van der Waals surface area contributed by atoms with E-state index in [2.05, 4.69) is 0 Å². The van der Waals surface area contributed by atoms with Crippen molar-refractivity contribution in [2.75, 3.05) is 0 Å². The van der Waals surface area contributed by atoms with Crippen LogP contribution in [-0.2, 0) is 28.8 Å². The summed E-state index contributed by atoms with van der Waals surface area (Å²) in [6.07, 6.45) is 0. The molecule has 0 N–H and O–H groups in total. The number of aliphatic imine (C=N–C) groups is 3. The summed E-state index contributed by atoms with van der Waals surface area (Å²) < 4.78 is 0. The molecule has 1 aromatic rings. The predicted octanol–water partition coefficient (Wildman–Crippen LogP) is 3.11. The van der Waals surface area contributed by atoms with Crippen LogP contribution < -0.4 is 0 Å². The topological polar surface area (TPSA) is 159 Å². The standard InChI is InChI=1S/C33H45N9O6/c1-16(2)37-25(43)26(44)38(17(3)4)31(37)34-22-13-14-23(35-32-39(18(5)6)27(45)28(46)40(32)19(7)8)24(15-22)36-33-41(20(9)10)29(47)30(48)42(33)21(11)12/h13-21H,1-12H3. The summed E-state index contributed by atoms with van der Waals surface area (Å²) in [6.45, 7) is 21.3. The van der Waals surface area contributed by atoms with Gasteiger partial charge in [-0.15, -0.1) is 0 Å². The molecule has 1 aromatic carbocycles. The Balaban J connectivity index is 2.04. The third-order valence-corrected chi connectivity index (χ3v) is 7.88. The summed E-state index contributed by atoms with van der Waals surface area (Å²) in [4.78, 5) is 101. The van der Waals surface area contributed by atoms with Gasteiger partial charge in [0.25, 0.3) is 0 Å². The van der Waals surface area contributed by atoms with Crippen LogP contribution in [0.15, 0.2) is 33.2 Å². The van der Waals surface area contributed by atoms with Crippen molar-refractivity contribution >= 4 is 70.4 Å². The molecule has 3 aliphatic rings. The van der Waals surface area contributed by atoms with Gasteiger partial charge in [0, 0.05) is 36.3 Å². The highest BCUT2D eigenvalue weighted by atomic mass is 16.2. The van der Waals surface area contributed by atoms with Crippen LogP contribution in [0.25, 0.3) is 0 Å². The lowest BCUT2D eigenvalue weighted by molar-refractivity contribution is -0.144. The minimum absolute atomic E-state index is 0.0834. The second kappa shape index (κ2) is 13.3. The molecule has 0 bridgehead atoms. The first-order chi connectivity index (χ1) is 22.3. The smallest absolute Gasteiger partial charge is 0.271 e. The molecule has 48 heavy (non-hydrogen) atoms. The van der Waals surface area contributed by atoms with Gasteiger partial charge in [-0.25, -0.2) is 15.0 Å². The zero-order valence-corrected chi connectivity index (χ0v) is 29.7. The van der Waals surface area contributed by atoms with E-state index in [-0.39, 0.29) is 41.3 Å². The molecule has 6 amide bonds. The van der Waals surface area contributed by atoms with Crippen LogP contribution in [-0.4, -0.2) is 119 Å². The van der Waals surface area contributed by atoms with E-state index in [1.807, 2.05) is 0 Å². The lowest BCUT2D eigenvalue weighted by Crippen LogP contribution is -2.42. The molecule has 0 atom stereocenters. The van der Waals surface area contributed by atoms with Gasteiger partial charge in [-0.2, -0.15) is 0 Å². The maximum atomic E-state index is 13.1. The second-order valence-electron chi connectivity index (χ2n) is 13.5. The monoisotopic (exact) mass is 663 g/mol. The van der Waals surface area contributed by atoms with E-state index < -0.39 is 59.6 Å². The van der Waals surface area contributed by atoms with Gasteiger partial charge in [0.15, 0.2) is 0 Å². The largest absolute Gasteiger partial charge is 0.319 e. The van der Waals surface area contributed by atoms with Gasteiger partial charge in [-0.3, -0.25) is 58.2 Å². The van der Waals surface area contributed by atoms with E-state index in [0.29, 0.717) is 5.69 Å². The van der Waals surface area contributed by atoms with E-state index in [9.17, 15) is 28.8 Å². The summed E-state index contributed by atoms with van der Waals surface area (Å²) in [5, 5.41) is 0. The average molecular weight is 664 g/mol. The van der Waals surface area contributed by atoms with Crippen LogP contribution in [0.5, 0.6) is 0 Å². The van der Waals surface area contributed by atoms with Crippen LogP contribution in [0.3, 0.4) is 0 Å². The molecule has 15 nitrogen and oxygen atoms in total. The van der Waals surface area contributed by atoms with Gasteiger partial charge in [-0.05, 0) is 101 Å². The number of hydrogen-bond donors (Lipinski definition) is 0. The van der Waals surface area contributed by atoms with Crippen molar-refractivity contribution in [2.45, 2.75) is 119 Å². The highest BCUT2D eigenvalue weighted by molar-refractivity contribution is 6.47. The molecule has 3 fully saturated rings. The van der Waals surface area contributed by atoms with Crippen molar-refractivity contribution in [3.8, 4) is 0 Å². The van der Waals surface area contributed by atoms with Crippen LogP contribution in [0.4, 0.5) is 17.1 Å². The highest BCUT2D eigenvalue weighted by Crippen LogP contribution is 2.36. The maximum absolute atomic E-state index is 13.1. The van der Waals surface area contributed by atoms with Crippen molar-refractivity contribution in [2.24, 2.45) is 15.0 Å². The van der Waals surface area contributed by atoms with Crippen molar-refractivity contribution in [1.82, 2.24) is 29.4 Å². The molecule has 0 radical (unpaired) electrons. The van der Waals surface area contributed by atoms with Crippen LogP contribution in [0, 0.1) is 0 Å². The van der Waals surface area contributed by atoms with Crippen molar-refractivity contribution in [3.05, 3.63) is 18.2 Å². The van der Waals surface area contributed by atoms with E-state index in [1.165, 1.54) is 29.4 Å². The van der Waals surface area contributed by atoms with Gasteiger partial charge in [0.2, 0.25) is 17.9 Å². The molecule has 0 saturated carbocycles. The summed E-state index contributed by atoms with van der Waals surface area (Å²) in [5.74, 6) is -3.92. The quantitative estimate of drug-likeness (QED) is 0.369. The Labute approximate surface area is 280 Å². The second-order valence-corrected chi connectivity index (χ2v) is 13.5. The zero-order chi connectivity index (χ0) is 36.1. The number of carbonyl (C=O) groups excluding carboxylic acids is 6. The number of carbonyl (C=O) groups is 6. The highest BCUT2D eigenvalue weighted by Gasteiger charge is 2.47. The lowest BCUT2D eigenvalue weighted by Gasteiger charge is -2.26. The van der Waals surface area contributed by atoms with Crippen molar-refractivity contribution < 1.29 is 28.8 Å². The normalized spacial score (nSPS) is 17.8. The van der Waals surface area contributed by atoms with Gasteiger partial charge >= 0.3 is 35.4 Å². The maximum Gasteiger partial charge on any atom is 0.319 e. The van der Waals surface area contributed by atoms with Crippen molar-refractivity contribution in [3.63, 3.8) is 0 Å². The average Bonchev–Trinajstić information content (AvgIpc) is 3.48. The van der Waals surface area contributed by atoms with Gasteiger partial charge in [0.05, 0.1) is 17.1 Å². The minimum atomic E-state index is -0.728. The Bertz CT molecular complexity index is 1570. The molecular formula is C33H45N9O6. The number of rotatable bonds is 9. The fraction of sp³-hybridized carbons (Fsp3) is 0.545. The summed E-state index contributed by atoms with van der Waals surface area (Å²) in [5.41, 5.74) is 0.689. The Morgan fingerprint density at radius 1 is 0.375 bits per heavy atom. The number of amides is 6. The van der Waals surface area contributed by atoms with E-state index in [4.69, 9.17) is 15.0 Å². The van der Waals surface area contributed by atoms with E-state index in [1.54, 1.807) is 101 Å². The Morgan fingerprint density at radius 3 is 0.896 bits per heavy atom. The Hall–Kier alpha value is -4.95. The van der Waals surface area contributed by atoms with Gasteiger partial charge < -0.3 is 0 Å². The molecule has 258 valence electrons. The zero-order valence-electron chi connectivity index (χ0n) is 29.7. The first-order valence-corrected chi connectivity index (χ1v) is 16.2. The summed E-state index contributed by atoms with van der Waals surface area (Å²) >= 11 is 0. The number of hydrogen-bond acceptors (Lipinski definition) is 9. The predicted molar refractivity (Wildman–Crippen MR) is 180 cm³/mol. The molecule has 0 unspecified atom stereocenters. The molecule has 3 heterocycles. The van der Waals surface area contributed by atoms with E-state index >= 15 is 0 Å². The SMILES string of the molecule is CC(C)N1C(=O)C(=O)N(C(C)C)C1=Nc1ccc(N=C2N(C(C)C)C(=O)C(=O)N2C(C)C)c(N=C2N(C(C)C)C(=O)C(=O)N2C(C)C)c1. The molecule has 0 aliphatic carbocycles. The minimum Gasteiger partial charge on any atom is -0.271 e. The first-order valence-electron chi connectivity index (χ1n) is 16.2. The van der Waals surface area contributed by atoms with Crippen molar-refractivity contribution in [1.29, 1.82) is 0 Å². The van der Waals surface area contributed by atoms with Crippen LogP contribution >= 0.6 is 0 Å². The number of benzene rings is 1. The molecule has 3 saturated heterocycles. The summed E-state index contributed by atoms with van der Waals surface area (Å²) in [6, 6.07) is 2.38. The molecule has 3 aliphatic heterocycles. The van der Waals surface area contributed by atoms with Gasteiger partial charge in [0.1, 0.15) is 0 Å².